The van der Waals surface area contributed by atoms with Crippen molar-refractivity contribution >= 4 is 17.3 Å². The molecule has 0 radical (unpaired) electrons. The lowest BCUT2D eigenvalue weighted by molar-refractivity contribution is 0.355. The van der Waals surface area contributed by atoms with E-state index in [1.807, 2.05) is 31.2 Å². The molecule has 0 fully saturated rings. The third kappa shape index (κ3) is 4.00. The molecule has 6 nitrogen and oxygen atoms in total. The van der Waals surface area contributed by atoms with Gasteiger partial charge in [-0.3, -0.25) is 0 Å². The number of anilines is 3. The molecule has 0 unspecified atom stereocenters. The van der Waals surface area contributed by atoms with Crippen LogP contribution in [0, 0.1) is 6.92 Å². The van der Waals surface area contributed by atoms with Gasteiger partial charge < -0.3 is 20.1 Å². The molecule has 0 aliphatic rings. The second kappa shape index (κ2) is 7.49. The van der Waals surface area contributed by atoms with Crippen molar-refractivity contribution in [3.05, 3.63) is 30.1 Å². The molecule has 0 aliphatic heterocycles. The Balaban J connectivity index is 2.21. The first-order valence-electron chi connectivity index (χ1n) is 7.25. The summed E-state index contributed by atoms with van der Waals surface area (Å²) in [6, 6.07) is 7.53. The molecule has 22 heavy (non-hydrogen) atoms. The van der Waals surface area contributed by atoms with E-state index in [2.05, 4.69) is 27.5 Å². The standard InChI is InChI=1S/C16H22N4O2/c1-5-8-17-15-10-16(19-11(2)18-15)20-12-6-7-13(21-3)14(9-12)22-4/h6-7,9-10H,5,8H2,1-4H3,(H2,17,18,19,20). The van der Waals surface area contributed by atoms with Gasteiger partial charge in [0.1, 0.15) is 17.5 Å². The molecule has 0 saturated heterocycles. The van der Waals surface area contributed by atoms with Crippen LogP contribution in [0.2, 0.25) is 0 Å². The Kier molecular flexibility index (Phi) is 5.41. The summed E-state index contributed by atoms with van der Waals surface area (Å²) >= 11 is 0. The minimum atomic E-state index is 0.669. The van der Waals surface area contributed by atoms with Crippen molar-refractivity contribution < 1.29 is 9.47 Å². The average Bonchev–Trinajstić information content (AvgIpc) is 2.52. The molecule has 0 aliphatic carbocycles. The number of nitrogens with one attached hydrogen (secondary N) is 2. The third-order valence-electron chi connectivity index (χ3n) is 3.05. The zero-order chi connectivity index (χ0) is 15.9. The first kappa shape index (κ1) is 15.9. The summed E-state index contributed by atoms with van der Waals surface area (Å²) in [5, 5.41) is 6.53. The molecule has 2 aromatic rings. The van der Waals surface area contributed by atoms with E-state index in [0.717, 1.165) is 30.3 Å². The highest BCUT2D eigenvalue weighted by molar-refractivity contribution is 5.63. The van der Waals surface area contributed by atoms with E-state index < -0.39 is 0 Å². The monoisotopic (exact) mass is 302 g/mol. The van der Waals surface area contributed by atoms with E-state index in [1.54, 1.807) is 14.2 Å². The predicted octanol–water partition coefficient (Wildman–Crippen LogP) is 3.37. The van der Waals surface area contributed by atoms with Crippen molar-refractivity contribution in [1.29, 1.82) is 0 Å². The molecule has 0 amide bonds. The van der Waals surface area contributed by atoms with Gasteiger partial charge in [-0.15, -0.1) is 0 Å². The largest absolute Gasteiger partial charge is 0.493 e. The molecule has 0 bridgehead atoms. The quantitative estimate of drug-likeness (QED) is 0.817. The first-order valence-corrected chi connectivity index (χ1v) is 7.25. The van der Waals surface area contributed by atoms with Crippen LogP contribution < -0.4 is 20.1 Å². The molecule has 0 saturated carbocycles. The number of aryl methyl sites for hydroxylation is 1. The predicted molar refractivity (Wildman–Crippen MR) is 88.4 cm³/mol. The lowest BCUT2D eigenvalue weighted by Crippen LogP contribution is -2.05. The van der Waals surface area contributed by atoms with Crippen molar-refractivity contribution in [1.82, 2.24) is 9.97 Å². The second-order valence-corrected chi connectivity index (χ2v) is 4.81. The molecule has 1 aromatic carbocycles. The fraction of sp³-hybridized carbons (Fsp3) is 0.375. The summed E-state index contributed by atoms with van der Waals surface area (Å²) < 4.78 is 10.5. The van der Waals surface area contributed by atoms with Crippen LogP contribution in [-0.2, 0) is 0 Å². The Hall–Kier alpha value is -2.50. The molecule has 0 spiro atoms. The Morgan fingerprint density at radius 2 is 1.73 bits per heavy atom. The maximum Gasteiger partial charge on any atom is 0.162 e. The number of rotatable bonds is 7. The average molecular weight is 302 g/mol. The van der Waals surface area contributed by atoms with E-state index in [4.69, 9.17) is 9.47 Å². The fourth-order valence-electron chi connectivity index (χ4n) is 2.04. The third-order valence-corrected chi connectivity index (χ3v) is 3.05. The van der Waals surface area contributed by atoms with Crippen LogP contribution >= 0.6 is 0 Å². The molecular formula is C16H22N4O2. The highest BCUT2D eigenvalue weighted by Crippen LogP contribution is 2.31. The van der Waals surface area contributed by atoms with Gasteiger partial charge in [-0.2, -0.15) is 0 Å². The lowest BCUT2D eigenvalue weighted by atomic mass is 10.2. The van der Waals surface area contributed by atoms with Gasteiger partial charge in [0.05, 0.1) is 14.2 Å². The summed E-state index contributed by atoms with van der Waals surface area (Å²) in [4.78, 5) is 8.77. The van der Waals surface area contributed by atoms with Gasteiger partial charge in [0.25, 0.3) is 0 Å². The number of hydrogen-bond acceptors (Lipinski definition) is 6. The molecule has 2 rings (SSSR count). The SMILES string of the molecule is CCCNc1cc(Nc2ccc(OC)c(OC)c2)nc(C)n1. The van der Waals surface area contributed by atoms with Crippen molar-refractivity contribution in [3.63, 3.8) is 0 Å². The summed E-state index contributed by atoms with van der Waals surface area (Å²) in [5.74, 6) is 3.62. The maximum absolute atomic E-state index is 5.31. The highest BCUT2D eigenvalue weighted by Gasteiger charge is 2.06. The van der Waals surface area contributed by atoms with Gasteiger partial charge in [-0.1, -0.05) is 6.92 Å². The number of methoxy groups -OCH3 is 2. The van der Waals surface area contributed by atoms with Crippen LogP contribution in [0.5, 0.6) is 11.5 Å². The van der Waals surface area contributed by atoms with Crippen molar-refractivity contribution in [2.24, 2.45) is 0 Å². The van der Waals surface area contributed by atoms with Crippen molar-refractivity contribution in [3.8, 4) is 11.5 Å². The van der Waals surface area contributed by atoms with Gasteiger partial charge in [0, 0.05) is 24.4 Å². The molecule has 0 atom stereocenters. The minimum absolute atomic E-state index is 0.669. The molecule has 1 aromatic heterocycles. The summed E-state index contributed by atoms with van der Waals surface area (Å²) in [6.45, 7) is 4.87. The van der Waals surface area contributed by atoms with Crippen LogP contribution in [0.25, 0.3) is 0 Å². The molecule has 6 heteroatoms. The van der Waals surface area contributed by atoms with Gasteiger partial charge in [0.2, 0.25) is 0 Å². The Morgan fingerprint density at radius 3 is 2.41 bits per heavy atom. The first-order chi connectivity index (χ1) is 10.7. The maximum atomic E-state index is 5.31. The van der Waals surface area contributed by atoms with Gasteiger partial charge in [0.15, 0.2) is 11.5 Å². The van der Waals surface area contributed by atoms with Gasteiger partial charge in [-0.05, 0) is 25.5 Å². The van der Waals surface area contributed by atoms with Crippen LogP contribution in [-0.4, -0.2) is 30.7 Å². The van der Waals surface area contributed by atoms with Crippen molar-refractivity contribution in [2.45, 2.75) is 20.3 Å². The Bertz CT molecular complexity index is 632. The van der Waals surface area contributed by atoms with E-state index in [0.29, 0.717) is 17.3 Å². The summed E-state index contributed by atoms with van der Waals surface area (Å²) in [6.07, 6.45) is 1.04. The number of nitrogens with zero attached hydrogens (tertiary/aromatic N) is 2. The smallest absolute Gasteiger partial charge is 0.162 e. The van der Waals surface area contributed by atoms with Crippen LogP contribution in [0.3, 0.4) is 0 Å². The minimum Gasteiger partial charge on any atom is -0.493 e. The molecule has 1 heterocycles. The lowest BCUT2D eigenvalue weighted by Gasteiger charge is -2.12. The Morgan fingerprint density at radius 1 is 1.00 bits per heavy atom. The molecule has 118 valence electrons. The normalized spacial score (nSPS) is 10.2. The van der Waals surface area contributed by atoms with Crippen LogP contribution in [0.15, 0.2) is 24.3 Å². The van der Waals surface area contributed by atoms with Gasteiger partial charge >= 0.3 is 0 Å². The number of benzene rings is 1. The fourth-order valence-corrected chi connectivity index (χ4v) is 2.04. The summed E-state index contributed by atoms with van der Waals surface area (Å²) in [5.41, 5.74) is 0.872. The highest BCUT2D eigenvalue weighted by atomic mass is 16.5. The zero-order valence-electron chi connectivity index (χ0n) is 13.4. The van der Waals surface area contributed by atoms with E-state index >= 15 is 0 Å². The number of aromatic nitrogens is 2. The molecule has 2 N–H and O–H groups in total. The number of hydrogen-bond donors (Lipinski definition) is 2. The van der Waals surface area contributed by atoms with Crippen molar-refractivity contribution in [2.75, 3.05) is 31.4 Å². The number of ether oxygens (including phenoxy) is 2. The topological polar surface area (TPSA) is 68.3 Å². The van der Waals surface area contributed by atoms with E-state index in [1.165, 1.54) is 0 Å². The molecular weight excluding hydrogens is 280 g/mol. The second-order valence-electron chi connectivity index (χ2n) is 4.81. The van der Waals surface area contributed by atoms with Crippen LogP contribution in [0.1, 0.15) is 19.2 Å². The Labute approximate surface area is 130 Å². The zero-order valence-corrected chi connectivity index (χ0v) is 13.4. The summed E-state index contributed by atoms with van der Waals surface area (Å²) in [7, 11) is 3.23. The van der Waals surface area contributed by atoms with Gasteiger partial charge in [-0.25, -0.2) is 9.97 Å². The van der Waals surface area contributed by atoms with E-state index in [9.17, 15) is 0 Å². The van der Waals surface area contributed by atoms with Crippen LogP contribution in [0.4, 0.5) is 17.3 Å². The van der Waals surface area contributed by atoms with E-state index in [-0.39, 0.29) is 0 Å².